The van der Waals surface area contributed by atoms with Crippen molar-refractivity contribution in [2.45, 2.75) is 33.4 Å². The third-order valence-corrected chi connectivity index (χ3v) is 4.07. The molecule has 0 aromatic heterocycles. The largest absolute Gasteiger partial charge is 0.490 e. The van der Waals surface area contributed by atoms with Gasteiger partial charge in [0, 0.05) is 24.2 Å². The van der Waals surface area contributed by atoms with Gasteiger partial charge < -0.3 is 19.9 Å². The normalized spacial score (nSPS) is 10.6. The number of nitrogens with one attached hydrogen (secondary N) is 1. The molecule has 0 saturated heterocycles. The maximum Gasteiger partial charge on any atom is 0.335 e. The highest BCUT2D eigenvalue weighted by atomic mass is 35.5. The second kappa shape index (κ2) is 10.0. The van der Waals surface area contributed by atoms with Crippen LogP contribution in [-0.2, 0) is 13.1 Å². The third kappa shape index (κ3) is 5.64. The van der Waals surface area contributed by atoms with Crippen molar-refractivity contribution in [3.63, 3.8) is 0 Å². The van der Waals surface area contributed by atoms with Crippen LogP contribution in [0, 0.1) is 0 Å². The molecule has 0 aliphatic carbocycles. The maximum atomic E-state index is 10.9. The fourth-order valence-corrected chi connectivity index (χ4v) is 2.63. The molecule has 0 aliphatic heterocycles. The van der Waals surface area contributed by atoms with Crippen molar-refractivity contribution in [1.29, 1.82) is 0 Å². The van der Waals surface area contributed by atoms with Crippen molar-refractivity contribution in [3.8, 4) is 11.5 Å². The number of hydrogen-bond acceptors (Lipinski definition) is 4. The summed E-state index contributed by atoms with van der Waals surface area (Å²) in [6.45, 7) is 6.30. The van der Waals surface area contributed by atoms with Crippen LogP contribution in [0.3, 0.4) is 0 Å². The Bertz CT molecular complexity index is 731. The zero-order valence-corrected chi connectivity index (χ0v) is 15.8. The summed E-state index contributed by atoms with van der Waals surface area (Å²) in [5.74, 6) is 0.421. The first-order valence-corrected chi connectivity index (χ1v) is 9.03. The van der Waals surface area contributed by atoms with E-state index < -0.39 is 5.97 Å². The SMILES string of the molecule is CCCOc1cc(Cl)c(CNCc2ccc(C(=O)O)cc2)cc1OCC. The lowest BCUT2D eigenvalue weighted by Crippen LogP contribution is -2.13. The summed E-state index contributed by atoms with van der Waals surface area (Å²) in [6.07, 6.45) is 0.910. The van der Waals surface area contributed by atoms with E-state index >= 15 is 0 Å². The minimum atomic E-state index is -0.926. The van der Waals surface area contributed by atoms with Crippen molar-refractivity contribution in [2.75, 3.05) is 13.2 Å². The first-order chi connectivity index (χ1) is 12.5. The van der Waals surface area contributed by atoms with Gasteiger partial charge in [-0.3, -0.25) is 0 Å². The molecular formula is C20H24ClNO4. The molecule has 0 amide bonds. The summed E-state index contributed by atoms with van der Waals surface area (Å²) in [7, 11) is 0. The summed E-state index contributed by atoms with van der Waals surface area (Å²) in [4.78, 5) is 10.9. The van der Waals surface area contributed by atoms with Crippen molar-refractivity contribution < 1.29 is 19.4 Å². The Morgan fingerprint density at radius 1 is 1.08 bits per heavy atom. The fraction of sp³-hybridized carbons (Fsp3) is 0.350. The van der Waals surface area contributed by atoms with Gasteiger partial charge in [0.2, 0.25) is 0 Å². The van der Waals surface area contributed by atoms with Crippen LogP contribution in [0.2, 0.25) is 5.02 Å². The molecular weight excluding hydrogens is 354 g/mol. The van der Waals surface area contributed by atoms with E-state index in [0.29, 0.717) is 42.8 Å². The van der Waals surface area contributed by atoms with Crippen LogP contribution < -0.4 is 14.8 Å². The molecule has 0 bridgehead atoms. The Balaban J connectivity index is 2.01. The van der Waals surface area contributed by atoms with E-state index in [2.05, 4.69) is 5.32 Å². The average Bonchev–Trinajstić information content (AvgIpc) is 2.63. The standard InChI is InChI=1S/C20H24ClNO4/c1-3-9-26-19-11-17(21)16(10-18(19)25-4-2)13-22-12-14-5-7-15(8-6-14)20(23)24/h5-8,10-11,22H,3-4,9,12-13H2,1-2H3,(H,23,24). The fourth-order valence-electron chi connectivity index (χ4n) is 2.41. The topological polar surface area (TPSA) is 67.8 Å². The van der Waals surface area contributed by atoms with Gasteiger partial charge in [0.05, 0.1) is 18.8 Å². The van der Waals surface area contributed by atoms with Crippen molar-refractivity contribution in [1.82, 2.24) is 5.32 Å². The smallest absolute Gasteiger partial charge is 0.335 e. The highest BCUT2D eigenvalue weighted by Gasteiger charge is 2.11. The Morgan fingerprint density at radius 3 is 2.38 bits per heavy atom. The Hall–Kier alpha value is -2.24. The first-order valence-electron chi connectivity index (χ1n) is 8.66. The molecule has 0 radical (unpaired) electrons. The van der Waals surface area contributed by atoms with E-state index in [9.17, 15) is 4.79 Å². The number of carboxylic acid groups (broad SMARTS) is 1. The summed E-state index contributed by atoms with van der Waals surface area (Å²) in [5.41, 5.74) is 2.20. The van der Waals surface area contributed by atoms with Gasteiger partial charge in [0.25, 0.3) is 0 Å². The Morgan fingerprint density at radius 2 is 1.77 bits per heavy atom. The van der Waals surface area contributed by atoms with Crippen LogP contribution in [0.25, 0.3) is 0 Å². The van der Waals surface area contributed by atoms with Crippen molar-refractivity contribution >= 4 is 17.6 Å². The monoisotopic (exact) mass is 377 g/mol. The summed E-state index contributed by atoms with van der Waals surface area (Å²) in [6, 6.07) is 10.5. The molecule has 5 nitrogen and oxygen atoms in total. The number of carboxylic acids is 1. The van der Waals surface area contributed by atoms with Gasteiger partial charge in [-0.1, -0.05) is 30.7 Å². The number of rotatable bonds is 10. The number of halogens is 1. The molecule has 2 aromatic rings. The van der Waals surface area contributed by atoms with Gasteiger partial charge in [0.1, 0.15) is 0 Å². The highest BCUT2D eigenvalue weighted by Crippen LogP contribution is 2.33. The number of carbonyl (C=O) groups is 1. The van der Waals surface area contributed by atoms with Gasteiger partial charge in [0.15, 0.2) is 11.5 Å². The second-order valence-electron chi connectivity index (χ2n) is 5.78. The van der Waals surface area contributed by atoms with Gasteiger partial charge in [-0.2, -0.15) is 0 Å². The third-order valence-electron chi connectivity index (χ3n) is 3.72. The predicted molar refractivity (Wildman–Crippen MR) is 102 cm³/mol. The van der Waals surface area contributed by atoms with Crippen LogP contribution >= 0.6 is 11.6 Å². The Labute approximate surface area is 158 Å². The molecule has 26 heavy (non-hydrogen) atoms. The zero-order valence-electron chi connectivity index (χ0n) is 15.0. The number of benzene rings is 2. The molecule has 0 fully saturated rings. The lowest BCUT2D eigenvalue weighted by atomic mass is 10.1. The number of ether oxygens (including phenoxy) is 2. The summed E-state index contributed by atoms with van der Waals surface area (Å²) in [5, 5.41) is 12.9. The van der Waals surface area contributed by atoms with E-state index in [1.807, 2.05) is 19.9 Å². The molecule has 6 heteroatoms. The van der Waals surface area contributed by atoms with E-state index in [4.69, 9.17) is 26.2 Å². The maximum absolute atomic E-state index is 10.9. The molecule has 0 saturated carbocycles. The van der Waals surface area contributed by atoms with E-state index in [-0.39, 0.29) is 5.56 Å². The van der Waals surface area contributed by atoms with Gasteiger partial charge >= 0.3 is 5.97 Å². The van der Waals surface area contributed by atoms with Gasteiger partial charge in [-0.25, -0.2) is 4.79 Å². The van der Waals surface area contributed by atoms with E-state index in [0.717, 1.165) is 17.5 Å². The molecule has 0 aliphatic rings. The molecule has 140 valence electrons. The van der Waals surface area contributed by atoms with E-state index in [1.165, 1.54) is 0 Å². The Kier molecular flexibility index (Phi) is 7.75. The van der Waals surface area contributed by atoms with E-state index in [1.54, 1.807) is 30.3 Å². The summed E-state index contributed by atoms with van der Waals surface area (Å²) >= 11 is 6.38. The quantitative estimate of drug-likeness (QED) is 0.637. The molecule has 0 atom stereocenters. The lowest BCUT2D eigenvalue weighted by molar-refractivity contribution is 0.0697. The molecule has 2 N–H and O–H groups in total. The average molecular weight is 378 g/mol. The zero-order chi connectivity index (χ0) is 18.9. The minimum Gasteiger partial charge on any atom is -0.490 e. The van der Waals surface area contributed by atoms with Crippen LogP contribution in [0.1, 0.15) is 41.8 Å². The summed E-state index contributed by atoms with van der Waals surface area (Å²) < 4.78 is 11.4. The minimum absolute atomic E-state index is 0.279. The first kappa shape index (κ1) is 20.1. The van der Waals surface area contributed by atoms with Crippen molar-refractivity contribution in [2.24, 2.45) is 0 Å². The van der Waals surface area contributed by atoms with Crippen LogP contribution in [-0.4, -0.2) is 24.3 Å². The van der Waals surface area contributed by atoms with Crippen molar-refractivity contribution in [3.05, 3.63) is 58.1 Å². The van der Waals surface area contributed by atoms with Gasteiger partial charge in [-0.15, -0.1) is 0 Å². The van der Waals surface area contributed by atoms with Gasteiger partial charge in [-0.05, 0) is 42.7 Å². The number of aromatic carboxylic acids is 1. The highest BCUT2D eigenvalue weighted by molar-refractivity contribution is 6.31. The van der Waals surface area contributed by atoms with Crippen LogP contribution in [0.15, 0.2) is 36.4 Å². The lowest BCUT2D eigenvalue weighted by Gasteiger charge is -2.15. The van der Waals surface area contributed by atoms with Crippen LogP contribution in [0.5, 0.6) is 11.5 Å². The molecule has 2 rings (SSSR count). The molecule has 0 unspecified atom stereocenters. The molecule has 0 heterocycles. The number of hydrogen-bond donors (Lipinski definition) is 2. The predicted octanol–water partition coefficient (Wildman–Crippen LogP) is 4.52. The van der Waals surface area contributed by atoms with Crippen LogP contribution in [0.4, 0.5) is 0 Å². The molecule has 2 aromatic carbocycles. The second-order valence-corrected chi connectivity index (χ2v) is 6.18. The molecule has 0 spiro atoms.